The van der Waals surface area contributed by atoms with E-state index in [9.17, 15) is 4.79 Å². The predicted molar refractivity (Wildman–Crippen MR) is 102 cm³/mol. The van der Waals surface area contributed by atoms with Crippen molar-refractivity contribution in [3.63, 3.8) is 0 Å². The molecular weight excluding hydrogens is 318 g/mol. The van der Waals surface area contributed by atoms with Crippen molar-refractivity contribution in [2.45, 2.75) is 53.0 Å². The van der Waals surface area contributed by atoms with Crippen LogP contribution < -0.4 is 10.6 Å². The van der Waals surface area contributed by atoms with Gasteiger partial charge in [-0.1, -0.05) is 12.1 Å². The lowest BCUT2D eigenvalue weighted by Gasteiger charge is -2.15. The fourth-order valence-electron chi connectivity index (χ4n) is 2.54. The standard InChI is InChI=1S/C19H27N3OS/c1-13-7-5-8-17(16(13)4)22-18(23)11-14(2)20-10-6-9-19-21-15(3)12-24-19/h5,7-8,12,14,20H,6,9-11H2,1-4H3,(H,22,23)/t14-/m0/s1. The Morgan fingerprint density at radius 3 is 2.79 bits per heavy atom. The summed E-state index contributed by atoms with van der Waals surface area (Å²) in [7, 11) is 0. The molecule has 2 rings (SSSR count). The van der Waals surface area contributed by atoms with E-state index >= 15 is 0 Å². The van der Waals surface area contributed by atoms with Crippen molar-refractivity contribution >= 4 is 22.9 Å². The van der Waals surface area contributed by atoms with Gasteiger partial charge >= 0.3 is 0 Å². The second-order valence-electron chi connectivity index (χ2n) is 6.34. The third-order valence-electron chi connectivity index (χ3n) is 4.10. The van der Waals surface area contributed by atoms with Crippen molar-refractivity contribution in [2.75, 3.05) is 11.9 Å². The Labute approximate surface area is 148 Å². The summed E-state index contributed by atoms with van der Waals surface area (Å²) >= 11 is 1.72. The molecule has 1 amide bonds. The van der Waals surface area contributed by atoms with E-state index in [0.717, 1.165) is 36.3 Å². The highest BCUT2D eigenvalue weighted by atomic mass is 32.1. The Morgan fingerprint density at radius 2 is 2.08 bits per heavy atom. The van der Waals surface area contributed by atoms with Crippen LogP contribution in [0, 0.1) is 20.8 Å². The molecule has 5 heteroatoms. The van der Waals surface area contributed by atoms with Crippen LogP contribution >= 0.6 is 11.3 Å². The van der Waals surface area contributed by atoms with Crippen LogP contribution in [0.4, 0.5) is 5.69 Å². The number of anilines is 1. The molecule has 1 aromatic carbocycles. The first kappa shape index (κ1) is 18.6. The summed E-state index contributed by atoms with van der Waals surface area (Å²) in [5, 5.41) is 9.71. The van der Waals surface area contributed by atoms with Crippen LogP contribution in [0.15, 0.2) is 23.6 Å². The maximum absolute atomic E-state index is 12.2. The van der Waals surface area contributed by atoms with Crippen molar-refractivity contribution in [1.82, 2.24) is 10.3 Å². The van der Waals surface area contributed by atoms with Crippen molar-refractivity contribution < 1.29 is 4.79 Å². The second-order valence-corrected chi connectivity index (χ2v) is 7.28. The Morgan fingerprint density at radius 1 is 1.29 bits per heavy atom. The van der Waals surface area contributed by atoms with Gasteiger partial charge < -0.3 is 10.6 Å². The van der Waals surface area contributed by atoms with Crippen molar-refractivity contribution in [1.29, 1.82) is 0 Å². The zero-order valence-corrected chi connectivity index (χ0v) is 15.8. The Kier molecular flexibility index (Phi) is 6.94. The molecule has 24 heavy (non-hydrogen) atoms. The topological polar surface area (TPSA) is 54.0 Å². The van der Waals surface area contributed by atoms with Crippen molar-refractivity contribution in [3.8, 4) is 0 Å². The summed E-state index contributed by atoms with van der Waals surface area (Å²) in [5.74, 6) is 0.0549. The highest BCUT2D eigenvalue weighted by Gasteiger charge is 2.10. The van der Waals surface area contributed by atoms with Gasteiger partial charge in [0, 0.05) is 35.6 Å². The van der Waals surface area contributed by atoms with E-state index in [-0.39, 0.29) is 11.9 Å². The molecule has 0 unspecified atom stereocenters. The molecule has 2 N–H and O–H groups in total. The molecular formula is C19H27N3OS. The maximum atomic E-state index is 12.2. The molecule has 0 spiro atoms. The van der Waals surface area contributed by atoms with E-state index in [4.69, 9.17) is 0 Å². The van der Waals surface area contributed by atoms with E-state index < -0.39 is 0 Å². The molecule has 4 nitrogen and oxygen atoms in total. The number of thiazole rings is 1. The molecule has 0 fully saturated rings. The summed E-state index contributed by atoms with van der Waals surface area (Å²) in [4.78, 5) is 16.6. The number of nitrogens with zero attached hydrogens (tertiary/aromatic N) is 1. The molecule has 0 aliphatic carbocycles. The lowest BCUT2D eigenvalue weighted by atomic mass is 10.1. The fraction of sp³-hybridized carbons (Fsp3) is 0.474. The largest absolute Gasteiger partial charge is 0.326 e. The van der Waals surface area contributed by atoms with E-state index in [1.54, 1.807) is 11.3 Å². The molecule has 0 bridgehead atoms. The number of nitrogens with one attached hydrogen (secondary N) is 2. The first-order chi connectivity index (χ1) is 11.5. The van der Waals surface area contributed by atoms with Gasteiger partial charge in [-0.25, -0.2) is 4.98 Å². The van der Waals surface area contributed by atoms with Crippen LogP contribution in [0.25, 0.3) is 0 Å². The normalized spacial score (nSPS) is 12.2. The molecule has 1 aromatic heterocycles. The van der Waals surface area contributed by atoms with Crippen LogP contribution in [0.5, 0.6) is 0 Å². The highest BCUT2D eigenvalue weighted by molar-refractivity contribution is 7.09. The monoisotopic (exact) mass is 345 g/mol. The molecule has 2 aromatic rings. The van der Waals surface area contributed by atoms with Crippen molar-refractivity contribution in [3.05, 3.63) is 45.4 Å². The average Bonchev–Trinajstić information content (AvgIpc) is 2.94. The van der Waals surface area contributed by atoms with Gasteiger partial charge in [0.25, 0.3) is 0 Å². The smallest absolute Gasteiger partial charge is 0.225 e. The Balaban J connectivity index is 1.68. The van der Waals surface area contributed by atoms with Gasteiger partial charge in [-0.15, -0.1) is 11.3 Å². The third kappa shape index (κ3) is 5.73. The minimum Gasteiger partial charge on any atom is -0.326 e. The molecule has 0 radical (unpaired) electrons. The van der Waals surface area contributed by atoms with Gasteiger partial charge in [-0.05, 0) is 57.9 Å². The highest BCUT2D eigenvalue weighted by Crippen LogP contribution is 2.18. The van der Waals surface area contributed by atoms with E-state index in [0.29, 0.717) is 6.42 Å². The molecule has 130 valence electrons. The van der Waals surface area contributed by atoms with Gasteiger partial charge in [0.2, 0.25) is 5.91 Å². The minimum absolute atomic E-state index is 0.0549. The second kappa shape index (κ2) is 8.94. The SMILES string of the molecule is Cc1csc(CCCN[C@@H](C)CC(=O)Nc2cccc(C)c2C)n1. The Bertz CT molecular complexity index is 681. The van der Waals surface area contributed by atoms with Crippen molar-refractivity contribution in [2.24, 2.45) is 0 Å². The molecule has 0 saturated heterocycles. The van der Waals surface area contributed by atoms with Gasteiger partial charge in [-0.2, -0.15) is 0 Å². The number of benzene rings is 1. The van der Waals surface area contributed by atoms with Crippen LogP contribution in [-0.2, 0) is 11.2 Å². The third-order valence-corrected chi connectivity index (χ3v) is 5.12. The summed E-state index contributed by atoms with van der Waals surface area (Å²) < 4.78 is 0. The number of rotatable bonds is 8. The van der Waals surface area contributed by atoms with E-state index in [2.05, 4.69) is 40.9 Å². The lowest BCUT2D eigenvalue weighted by Crippen LogP contribution is -2.31. The Hall–Kier alpha value is -1.72. The average molecular weight is 346 g/mol. The van der Waals surface area contributed by atoms with Crippen LogP contribution in [0.3, 0.4) is 0 Å². The number of aromatic nitrogens is 1. The zero-order valence-electron chi connectivity index (χ0n) is 15.0. The maximum Gasteiger partial charge on any atom is 0.225 e. The summed E-state index contributed by atoms with van der Waals surface area (Å²) in [6.45, 7) is 9.06. The fourth-order valence-corrected chi connectivity index (χ4v) is 3.36. The molecule has 0 aliphatic heterocycles. The number of carbonyl (C=O) groups is 1. The zero-order chi connectivity index (χ0) is 17.5. The number of aryl methyl sites for hydroxylation is 3. The van der Waals surface area contributed by atoms with Crippen LogP contribution in [0.2, 0.25) is 0 Å². The van der Waals surface area contributed by atoms with Gasteiger partial charge in [0.15, 0.2) is 0 Å². The van der Waals surface area contributed by atoms with Gasteiger partial charge in [0.1, 0.15) is 0 Å². The van der Waals surface area contributed by atoms with Gasteiger partial charge in [0.05, 0.1) is 5.01 Å². The number of hydrogen-bond donors (Lipinski definition) is 2. The minimum atomic E-state index is 0.0549. The van der Waals surface area contributed by atoms with Gasteiger partial charge in [-0.3, -0.25) is 4.79 Å². The quantitative estimate of drug-likeness (QED) is 0.711. The molecule has 0 saturated carbocycles. The number of amides is 1. The lowest BCUT2D eigenvalue weighted by molar-refractivity contribution is -0.116. The molecule has 1 heterocycles. The van der Waals surface area contributed by atoms with E-state index in [1.807, 2.05) is 26.0 Å². The summed E-state index contributed by atoms with van der Waals surface area (Å²) in [6.07, 6.45) is 2.51. The predicted octanol–water partition coefficient (Wildman–Crippen LogP) is 4.01. The van der Waals surface area contributed by atoms with E-state index in [1.165, 1.54) is 10.6 Å². The summed E-state index contributed by atoms with van der Waals surface area (Å²) in [5.41, 5.74) is 4.33. The first-order valence-corrected chi connectivity index (χ1v) is 9.34. The van der Waals surface area contributed by atoms with Crippen LogP contribution in [-0.4, -0.2) is 23.5 Å². The molecule has 0 aliphatic rings. The number of carbonyl (C=O) groups excluding carboxylic acids is 1. The summed E-state index contributed by atoms with van der Waals surface area (Å²) in [6, 6.07) is 6.14. The number of hydrogen-bond acceptors (Lipinski definition) is 4. The molecule has 1 atom stereocenters. The first-order valence-electron chi connectivity index (χ1n) is 8.46. The van der Waals surface area contributed by atoms with Crippen LogP contribution in [0.1, 0.15) is 41.6 Å².